The Balaban J connectivity index is 2.72. The first-order valence-electron chi connectivity index (χ1n) is 5.79. The van der Waals surface area contributed by atoms with E-state index >= 15 is 0 Å². The highest BCUT2D eigenvalue weighted by atomic mass is 14.9. The van der Waals surface area contributed by atoms with Crippen LogP contribution in [0, 0.1) is 25.7 Å². The van der Waals surface area contributed by atoms with Crippen LogP contribution in [0.1, 0.15) is 30.0 Å². The molecule has 16 heavy (non-hydrogen) atoms. The van der Waals surface area contributed by atoms with Gasteiger partial charge in [0.15, 0.2) is 0 Å². The molecule has 1 unspecified atom stereocenters. The molecule has 0 fully saturated rings. The monoisotopic (exact) mass is 215 g/mol. The Hall–Kier alpha value is -1.26. The van der Waals surface area contributed by atoms with Crippen LogP contribution >= 0.6 is 0 Å². The summed E-state index contributed by atoms with van der Waals surface area (Å²) < 4.78 is 0. The second-order valence-electron chi connectivity index (χ2n) is 4.32. The van der Waals surface area contributed by atoms with Gasteiger partial charge in [0.2, 0.25) is 0 Å². The molecule has 0 aromatic heterocycles. The first kappa shape index (κ1) is 12.8. The van der Waals surface area contributed by atoms with Crippen molar-refractivity contribution < 1.29 is 0 Å². The van der Waals surface area contributed by atoms with E-state index in [0.29, 0.717) is 6.04 Å². The van der Waals surface area contributed by atoms with Crippen LogP contribution in [-0.4, -0.2) is 13.1 Å². The number of nitrogens with one attached hydrogen (secondary N) is 1. The normalized spacial score (nSPS) is 11.8. The molecule has 1 heteroatoms. The van der Waals surface area contributed by atoms with Gasteiger partial charge < -0.3 is 5.32 Å². The molecule has 1 N–H and O–H groups in total. The molecule has 0 aliphatic heterocycles. The van der Waals surface area contributed by atoms with Crippen molar-refractivity contribution in [2.75, 3.05) is 7.05 Å². The Morgan fingerprint density at radius 3 is 2.31 bits per heavy atom. The van der Waals surface area contributed by atoms with Crippen LogP contribution in [0.3, 0.4) is 0 Å². The largest absolute Gasteiger partial charge is 0.316 e. The van der Waals surface area contributed by atoms with Gasteiger partial charge in [0, 0.05) is 12.5 Å². The van der Waals surface area contributed by atoms with Crippen LogP contribution in [0.2, 0.25) is 0 Å². The van der Waals surface area contributed by atoms with Gasteiger partial charge in [-0.25, -0.2) is 0 Å². The van der Waals surface area contributed by atoms with Crippen molar-refractivity contribution in [3.05, 3.63) is 34.9 Å². The van der Waals surface area contributed by atoms with Crippen LogP contribution in [0.25, 0.3) is 0 Å². The van der Waals surface area contributed by atoms with E-state index in [-0.39, 0.29) is 0 Å². The summed E-state index contributed by atoms with van der Waals surface area (Å²) in [5.41, 5.74) is 4.08. The van der Waals surface area contributed by atoms with Crippen LogP contribution in [0.4, 0.5) is 0 Å². The first-order valence-corrected chi connectivity index (χ1v) is 5.79. The summed E-state index contributed by atoms with van der Waals surface area (Å²) in [5.74, 6) is 6.09. The smallest absolute Gasteiger partial charge is 0.0246 e. The lowest BCUT2D eigenvalue weighted by molar-refractivity contribution is 0.572. The van der Waals surface area contributed by atoms with Crippen LogP contribution in [0.5, 0.6) is 0 Å². The van der Waals surface area contributed by atoms with E-state index in [4.69, 9.17) is 0 Å². The lowest BCUT2D eigenvalue weighted by Crippen LogP contribution is -2.27. The summed E-state index contributed by atoms with van der Waals surface area (Å²) in [6.45, 7) is 6.19. The predicted octanol–water partition coefficient (Wildman–Crippen LogP) is 2.85. The van der Waals surface area contributed by atoms with Crippen molar-refractivity contribution in [2.45, 2.75) is 39.7 Å². The van der Waals surface area contributed by atoms with E-state index in [1.165, 1.54) is 16.7 Å². The van der Waals surface area contributed by atoms with Crippen molar-refractivity contribution >= 4 is 0 Å². The quantitative estimate of drug-likeness (QED) is 0.762. The molecule has 86 valence electrons. The predicted molar refractivity (Wildman–Crippen MR) is 70.5 cm³/mol. The molecular formula is C15H21N. The van der Waals surface area contributed by atoms with Gasteiger partial charge in [-0.2, -0.15) is 0 Å². The zero-order chi connectivity index (χ0) is 12.0. The molecule has 1 aromatic rings. The van der Waals surface area contributed by atoms with Crippen molar-refractivity contribution in [3.63, 3.8) is 0 Å². The molecule has 0 aliphatic rings. The second kappa shape index (κ2) is 6.35. The fraction of sp³-hybridized carbons (Fsp3) is 0.467. The van der Waals surface area contributed by atoms with Crippen LogP contribution < -0.4 is 5.32 Å². The van der Waals surface area contributed by atoms with E-state index in [2.05, 4.69) is 49.2 Å². The van der Waals surface area contributed by atoms with E-state index in [1.807, 2.05) is 14.0 Å². The third-order valence-electron chi connectivity index (χ3n) is 2.70. The average molecular weight is 215 g/mol. The summed E-state index contributed by atoms with van der Waals surface area (Å²) in [5, 5.41) is 3.32. The minimum Gasteiger partial charge on any atom is -0.316 e. The summed E-state index contributed by atoms with van der Waals surface area (Å²) in [6, 6.07) is 7.19. The summed E-state index contributed by atoms with van der Waals surface area (Å²) in [7, 11) is 2.00. The molecule has 0 aliphatic carbocycles. The third kappa shape index (κ3) is 4.08. The zero-order valence-corrected chi connectivity index (χ0v) is 10.7. The molecule has 0 spiro atoms. The lowest BCUT2D eigenvalue weighted by atomic mass is 10.00. The van der Waals surface area contributed by atoms with Crippen molar-refractivity contribution in [3.8, 4) is 11.8 Å². The molecule has 1 nitrogen and oxygen atoms in total. The maximum absolute atomic E-state index is 3.32. The van der Waals surface area contributed by atoms with Gasteiger partial charge in [-0.1, -0.05) is 29.3 Å². The standard InChI is InChI=1S/C15H21N/c1-5-6-7-15(16-4)11-14-9-12(2)8-13(3)10-14/h8-10,15-16H,7,11H2,1-4H3. The molecule has 0 bridgehead atoms. The SMILES string of the molecule is CC#CCC(Cc1cc(C)cc(C)c1)NC. The number of hydrogen-bond donors (Lipinski definition) is 1. The van der Waals surface area contributed by atoms with Crippen molar-refractivity contribution in [2.24, 2.45) is 0 Å². The maximum atomic E-state index is 3.32. The highest BCUT2D eigenvalue weighted by Crippen LogP contribution is 2.11. The summed E-state index contributed by atoms with van der Waals surface area (Å²) in [4.78, 5) is 0. The first-order chi connectivity index (χ1) is 7.65. The van der Waals surface area contributed by atoms with Gasteiger partial charge in [0.05, 0.1) is 0 Å². The molecular weight excluding hydrogens is 194 g/mol. The minimum absolute atomic E-state index is 0.452. The number of aryl methyl sites for hydroxylation is 2. The van der Waals surface area contributed by atoms with Crippen LogP contribution in [0.15, 0.2) is 18.2 Å². The fourth-order valence-electron chi connectivity index (χ4n) is 1.97. The van der Waals surface area contributed by atoms with E-state index in [9.17, 15) is 0 Å². The minimum atomic E-state index is 0.452. The van der Waals surface area contributed by atoms with Crippen molar-refractivity contribution in [1.29, 1.82) is 0 Å². The molecule has 1 rings (SSSR count). The topological polar surface area (TPSA) is 12.0 Å². The highest BCUT2D eigenvalue weighted by molar-refractivity contribution is 5.29. The van der Waals surface area contributed by atoms with E-state index in [1.54, 1.807) is 0 Å². The van der Waals surface area contributed by atoms with Gasteiger partial charge >= 0.3 is 0 Å². The fourth-order valence-corrected chi connectivity index (χ4v) is 1.97. The van der Waals surface area contributed by atoms with E-state index < -0.39 is 0 Å². The second-order valence-corrected chi connectivity index (χ2v) is 4.32. The summed E-state index contributed by atoms with van der Waals surface area (Å²) in [6.07, 6.45) is 1.97. The maximum Gasteiger partial charge on any atom is 0.0246 e. The number of likely N-dealkylation sites (N-methyl/N-ethyl adjacent to an activating group) is 1. The molecule has 0 saturated heterocycles. The Bertz CT molecular complexity index is 375. The molecule has 0 radical (unpaired) electrons. The zero-order valence-electron chi connectivity index (χ0n) is 10.7. The van der Waals surface area contributed by atoms with Gasteiger partial charge in [-0.15, -0.1) is 11.8 Å². The summed E-state index contributed by atoms with van der Waals surface area (Å²) >= 11 is 0. The molecule has 1 atom stereocenters. The van der Waals surface area contributed by atoms with Crippen LogP contribution in [-0.2, 0) is 6.42 Å². The van der Waals surface area contributed by atoms with Gasteiger partial charge in [0.1, 0.15) is 0 Å². The van der Waals surface area contributed by atoms with Crippen molar-refractivity contribution in [1.82, 2.24) is 5.32 Å². The number of benzene rings is 1. The molecule has 0 saturated carbocycles. The van der Waals surface area contributed by atoms with E-state index in [0.717, 1.165) is 12.8 Å². The third-order valence-corrected chi connectivity index (χ3v) is 2.70. The Labute approximate surface area is 99.3 Å². The van der Waals surface area contributed by atoms with Gasteiger partial charge in [0.25, 0.3) is 0 Å². The Kier molecular flexibility index (Phi) is 5.08. The lowest BCUT2D eigenvalue weighted by Gasteiger charge is -2.14. The number of hydrogen-bond acceptors (Lipinski definition) is 1. The molecule has 0 amide bonds. The number of rotatable bonds is 4. The Morgan fingerprint density at radius 1 is 1.19 bits per heavy atom. The van der Waals surface area contributed by atoms with Gasteiger partial charge in [-0.05, 0) is 39.8 Å². The van der Waals surface area contributed by atoms with Gasteiger partial charge in [-0.3, -0.25) is 0 Å². The average Bonchev–Trinajstić information content (AvgIpc) is 2.22. The molecule has 0 heterocycles. The molecule has 1 aromatic carbocycles. The Morgan fingerprint density at radius 2 is 1.81 bits per heavy atom. The highest BCUT2D eigenvalue weighted by Gasteiger charge is 2.06.